The molecule has 7 rings (SSSR count). The Labute approximate surface area is 282 Å². The second-order valence-electron chi connectivity index (χ2n) is 12.3. The van der Waals surface area contributed by atoms with E-state index in [1.165, 1.54) is 34.2 Å². The predicted molar refractivity (Wildman–Crippen MR) is 178 cm³/mol. The molecular weight excluding hydrogens is 632 g/mol. The zero-order chi connectivity index (χ0) is 34.0. The Kier molecular flexibility index (Phi) is 9.15. The maximum Gasteiger partial charge on any atom is 0.350 e. The van der Waals surface area contributed by atoms with Crippen molar-refractivity contribution < 1.29 is 23.0 Å². The van der Waals surface area contributed by atoms with Crippen LogP contribution in [0.15, 0.2) is 90.5 Å². The van der Waals surface area contributed by atoms with Gasteiger partial charge < -0.3 is 24.0 Å². The Balaban J connectivity index is 0.925. The first-order valence-corrected chi connectivity index (χ1v) is 16.4. The topological polar surface area (TPSA) is 105 Å². The summed E-state index contributed by atoms with van der Waals surface area (Å²) in [6.07, 6.45) is 4.77. The summed E-state index contributed by atoms with van der Waals surface area (Å²) in [7, 11) is 0. The van der Waals surface area contributed by atoms with E-state index in [4.69, 9.17) is 14.2 Å². The third-order valence-corrected chi connectivity index (χ3v) is 9.15. The van der Waals surface area contributed by atoms with Gasteiger partial charge in [0.1, 0.15) is 55.6 Å². The fraction of sp³-hybridized carbons (Fsp3) is 0.371. The molecule has 2 fully saturated rings. The average molecular weight is 671 g/mol. The van der Waals surface area contributed by atoms with Crippen molar-refractivity contribution >= 4 is 11.4 Å². The number of ether oxygens (including phenoxy) is 3. The normalized spacial score (nSPS) is 20.1. The van der Waals surface area contributed by atoms with Crippen LogP contribution in [-0.4, -0.2) is 74.6 Å². The minimum Gasteiger partial charge on any atom is -0.491 e. The second kappa shape index (κ2) is 13.8. The van der Waals surface area contributed by atoms with Crippen LogP contribution in [0.3, 0.4) is 0 Å². The van der Waals surface area contributed by atoms with Gasteiger partial charge in [0.15, 0.2) is 0 Å². The van der Waals surface area contributed by atoms with Crippen molar-refractivity contribution in [2.24, 2.45) is 0 Å². The monoisotopic (exact) mass is 670 g/mol. The summed E-state index contributed by atoms with van der Waals surface area (Å²) in [6, 6.07) is 19.3. The van der Waals surface area contributed by atoms with E-state index in [0.29, 0.717) is 5.75 Å². The molecule has 4 heterocycles. The van der Waals surface area contributed by atoms with Crippen LogP contribution in [0, 0.1) is 11.6 Å². The van der Waals surface area contributed by atoms with Gasteiger partial charge in [0, 0.05) is 49.2 Å². The zero-order valence-corrected chi connectivity index (χ0v) is 27.4. The van der Waals surface area contributed by atoms with Gasteiger partial charge in [-0.15, -0.1) is 0 Å². The molecule has 2 aromatic heterocycles. The largest absolute Gasteiger partial charge is 0.491 e. The van der Waals surface area contributed by atoms with Crippen LogP contribution < -0.4 is 20.2 Å². The van der Waals surface area contributed by atoms with Gasteiger partial charge in [-0.2, -0.15) is 10.2 Å². The molecule has 3 atom stereocenters. The van der Waals surface area contributed by atoms with Gasteiger partial charge >= 0.3 is 5.69 Å². The summed E-state index contributed by atoms with van der Waals surface area (Å²) in [5, 5.41) is 8.39. The summed E-state index contributed by atoms with van der Waals surface area (Å²) in [4.78, 5) is 21.4. The Morgan fingerprint density at radius 1 is 0.918 bits per heavy atom. The molecule has 2 aliphatic rings. The van der Waals surface area contributed by atoms with Gasteiger partial charge in [-0.1, -0.05) is 6.92 Å². The first-order valence-electron chi connectivity index (χ1n) is 16.4. The van der Waals surface area contributed by atoms with Crippen molar-refractivity contribution in [2.75, 3.05) is 49.2 Å². The van der Waals surface area contributed by atoms with E-state index < -0.39 is 23.5 Å². The van der Waals surface area contributed by atoms with Crippen molar-refractivity contribution in [3.8, 4) is 11.4 Å². The Morgan fingerprint density at radius 3 is 2.22 bits per heavy atom. The summed E-state index contributed by atoms with van der Waals surface area (Å²) in [5.41, 5.74) is 2.95. The van der Waals surface area contributed by atoms with Crippen LogP contribution in [-0.2, 0) is 21.8 Å². The molecule has 256 valence electrons. The highest BCUT2D eigenvalue weighted by Crippen LogP contribution is 2.38. The first kappa shape index (κ1) is 32.5. The van der Waals surface area contributed by atoms with Crippen molar-refractivity contribution in [1.82, 2.24) is 29.1 Å². The van der Waals surface area contributed by atoms with Crippen LogP contribution in [0.5, 0.6) is 5.75 Å². The molecular formula is C35H38F2N8O4. The smallest absolute Gasteiger partial charge is 0.350 e. The van der Waals surface area contributed by atoms with Crippen LogP contribution in [0.1, 0.15) is 31.9 Å². The van der Waals surface area contributed by atoms with Crippen molar-refractivity contribution in [2.45, 2.75) is 44.7 Å². The molecule has 5 aromatic rings. The van der Waals surface area contributed by atoms with E-state index in [-0.39, 0.29) is 37.1 Å². The first-order chi connectivity index (χ1) is 23.8. The number of rotatable bonds is 11. The molecule has 2 saturated heterocycles. The minimum absolute atomic E-state index is 0.0334. The molecule has 14 heteroatoms. The van der Waals surface area contributed by atoms with Gasteiger partial charge in [-0.05, 0) is 74.0 Å². The van der Waals surface area contributed by atoms with Crippen LogP contribution in [0.25, 0.3) is 5.69 Å². The maximum atomic E-state index is 14.9. The number of benzene rings is 3. The van der Waals surface area contributed by atoms with Gasteiger partial charge in [0.2, 0.25) is 5.79 Å². The fourth-order valence-electron chi connectivity index (χ4n) is 6.24. The standard InChI is InChI=1S/C35H38F2N8O4/c1-3-25(2)45-34(46)44(24-40-45)29-7-5-27(6-8-29)41-14-16-42(17-15-41)28-9-11-30(12-10-28)47-19-31-20-48-35(49-31,21-43-23-38-22-39-43)32-13-4-26(36)18-33(32)37/h4-13,18,22-25,31H,3,14-17,19-21H2,1-2H3/t25?,31-,35-/m0/s1/i36-1,37-1. The molecule has 12 nitrogen and oxygen atoms in total. The maximum absolute atomic E-state index is 14.9. The summed E-state index contributed by atoms with van der Waals surface area (Å²) >= 11 is 0. The zero-order valence-electron chi connectivity index (χ0n) is 27.4. The molecule has 49 heavy (non-hydrogen) atoms. The van der Waals surface area contributed by atoms with Crippen LogP contribution in [0.2, 0.25) is 0 Å². The molecule has 2 aliphatic heterocycles. The van der Waals surface area contributed by atoms with Crippen LogP contribution in [0.4, 0.5) is 20.2 Å². The van der Waals surface area contributed by atoms with E-state index in [0.717, 1.165) is 55.7 Å². The molecule has 0 saturated carbocycles. The number of piperazine rings is 1. The number of halogens is 2. The molecule has 0 bridgehead atoms. The van der Waals surface area contributed by atoms with Crippen molar-refractivity contribution in [1.29, 1.82) is 0 Å². The number of aromatic nitrogens is 6. The van der Waals surface area contributed by atoms with E-state index in [1.807, 2.05) is 50.2 Å². The van der Waals surface area contributed by atoms with Crippen molar-refractivity contribution in [3.63, 3.8) is 0 Å². The highest BCUT2D eigenvalue weighted by atomic mass is 18.2. The van der Waals surface area contributed by atoms with Gasteiger partial charge in [-0.3, -0.25) is 0 Å². The molecule has 3 aromatic carbocycles. The third kappa shape index (κ3) is 6.78. The van der Waals surface area contributed by atoms with Gasteiger partial charge in [-0.25, -0.2) is 32.5 Å². The average Bonchev–Trinajstić information content (AvgIpc) is 3.88. The van der Waals surface area contributed by atoms with E-state index in [9.17, 15) is 13.6 Å². The molecule has 0 N–H and O–H groups in total. The van der Waals surface area contributed by atoms with E-state index in [1.54, 1.807) is 10.9 Å². The van der Waals surface area contributed by atoms with Gasteiger partial charge in [0.05, 0.1) is 18.3 Å². The Bertz CT molecular complexity index is 1910. The predicted octanol–water partition coefficient (Wildman–Crippen LogP) is 4.55. The Hall–Kier alpha value is -5.08. The number of anilines is 2. The number of hydrogen-bond donors (Lipinski definition) is 0. The van der Waals surface area contributed by atoms with Crippen LogP contribution >= 0.6 is 0 Å². The summed E-state index contributed by atoms with van der Waals surface area (Å²) < 4.78 is 51.4. The lowest BCUT2D eigenvalue weighted by Gasteiger charge is -2.37. The highest BCUT2D eigenvalue weighted by molar-refractivity contribution is 5.54. The number of nitrogens with zero attached hydrogens (tertiary/aromatic N) is 8. The quantitative estimate of drug-likeness (QED) is 0.200. The molecule has 1 unspecified atom stereocenters. The molecule has 0 spiro atoms. The highest BCUT2D eigenvalue weighted by Gasteiger charge is 2.46. The van der Waals surface area contributed by atoms with Gasteiger partial charge in [0.25, 0.3) is 0 Å². The number of hydrogen-bond acceptors (Lipinski definition) is 9. The molecule has 0 radical (unpaired) electrons. The molecule has 0 amide bonds. The SMILES string of the molecule is CCC(C)n1ncn(-c2ccc(N3CCN(c4ccc(OC[C@H]5CO[C@](Cn6cncn6)(c6ccc([18F])cc6[18F])O5)cc4)CC3)cc2)c1=O. The van der Waals surface area contributed by atoms with E-state index in [2.05, 4.69) is 37.1 Å². The molecule has 0 aliphatic carbocycles. The van der Waals surface area contributed by atoms with E-state index >= 15 is 0 Å². The third-order valence-electron chi connectivity index (χ3n) is 9.15. The lowest BCUT2D eigenvalue weighted by Crippen LogP contribution is -2.46. The van der Waals surface area contributed by atoms with Crippen molar-refractivity contribution in [3.05, 3.63) is 113 Å². The Morgan fingerprint density at radius 2 is 1.59 bits per heavy atom. The fourth-order valence-corrected chi connectivity index (χ4v) is 6.24. The second-order valence-corrected chi connectivity index (χ2v) is 12.3. The lowest BCUT2D eigenvalue weighted by atomic mass is 10.0. The summed E-state index contributed by atoms with van der Waals surface area (Å²) in [5.74, 6) is -2.30. The lowest BCUT2D eigenvalue weighted by molar-refractivity contribution is -0.192. The minimum atomic E-state index is -1.51. The summed E-state index contributed by atoms with van der Waals surface area (Å²) in [6.45, 7) is 7.80.